The largest absolute Gasteiger partial charge is 0.469 e. The number of benzene rings is 2. The summed E-state index contributed by atoms with van der Waals surface area (Å²) in [6.07, 6.45) is 1.55. The van der Waals surface area contributed by atoms with Crippen LogP contribution in [-0.2, 0) is 25.7 Å². The molecule has 2 aromatic carbocycles. The van der Waals surface area contributed by atoms with Crippen LogP contribution in [0, 0.1) is 17.7 Å². The maximum Gasteiger partial charge on any atom is 0.311 e. The summed E-state index contributed by atoms with van der Waals surface area (Å²) in [7, 11) is 1.34. The molecule has 1 N–H and O–H groups in total. The van der Waals surface area contributed by atoms with E-state index >= 15 is 0 Å². The first kappa shape index (κ1) is 24.2. The van der Waals surface area contributed by atoms with Gasteiger partial charge in [0.15, 0.2) is 0 Å². The molecule has 2 amide bonds. The van der Waals surface area contributed by atoms with Gasteiger partial charge in [0, 0.05) is 23.3 Å². The van der Waals surface area contributed by atoms with Crippen molar-refractivity contribution in [1.29, 1.82) is 0 Å². The van der Waals surface area contributed by atoms with Gasteiger partial charge in [-0.05, 0) is 47.5 Å². The number of thiophene rings is 1. The minimum absolute atomic E-state index is 0.109. The summed E-state index contributed by atoms with van der Waals surface area (Å²) in [4.78, 5) is 43.4. The van der Waals surface area contributed by atoms with Crippen molar-refractivity contribution in [3.05, 3.63) is 93.9 Å². The molecule has 0 radical (unpaired) electrons. The first-order valence-corrected chi connectivity index (χ1v) is 12.9. The number of rotatable bonds is 7. The number of esters is 1. The number of halogens is 1. The molecule has 3 aromatic rings. The molecule has 1 aliphatic heterocycles. The predicted molar refractivity (Wildman–Crippen MR) is 133 cm³/mol. The van der Waals surface area contributed by atoms with Gasteiger partial charge >= 0.3 is 5.97 Å². The van der Waals surface area contributed by atoms with Crippen LogP contribution in [0.3, 0.4) is 0 Å². The van der Waals surface area contributed by atoms with Crippen LogP contribution in [0.4, 0.5) is 4.39 Å². The number of nitrogens with zero attached hydrogens (tertiary/aromatic N) is 1. The van der Waals surface area contributed by atoms with Crippen LogP contribution in [0.15, 0.2) is 72.1 Å². The Balaban J connectivity index is 1.59. The van der Waals surface area contributed by atoms with E-state index in [1.165, 1.54) is 30.6 Å². The van der Waals surface area contributed by atoms with Crippen LogP contribution in [0.2, 0.25) is 0 Å². The zero-order valence-electron chi connectivity index (χ0n) is 19.8. The molecule has 36 heavy (non-hydrogen) atoms. The van der Waals surface area contributed by atoms with E-state index in [0.717, 1.165) is 28.8 Å². The number of carbonyl (C=O) groups excluding carboxylic acids is 3. The molecule has 1 aromatic heterocycles. The molecule has 1 aliphatic carbocycles. The predicted octanol–water partition coefficient (Wildman–Crippen LogP) is 4.44. The Morgan fingerprint density at radius 1 is 1.03 bits per heavy atom. The lowest BCUT2D eigenvalue weighted by atomic mass is 9.81. The standard InChI is InChI=1S/C28H27FN2O4S/c1-35-28(34)23-22(18-6-3-2-4-7-18)25(26(32)30-16-17-9-13-20(29)14-10-17)31(27(33)19-11-12-19)24(23)21-8-5-15-36-21/h2-10,13-15,19,22-25H,11-12,16H2,1H3,(H,30,32). The van der Waals surface area contributed by atoms with Crippen LogP contribution in [-0.4, -0.2) is 35.8 Å². The first-order chi connectivity index (χ1) is 17.5. The molecule has 0 spiro atoms. The Kier molecular flexibility index (Phi) is 6.87. The molecule has 2 aliphatic rings. The van der Waals surface area contributed by atoms with E-state index in [9.17, 15) is 18.8 Å². The number of likely N-dealkylation sites (tertiary alicyclic amines) is 1. The third kappa shape index (κ3) is 4.65. The minimum atomic E-state index is -0.905. The fourth-order valence-electron chi connectivity index (χ4n) is 5.16. The third-order valence-electron chi connectivity index (χ3n) is 6.99. The Labute approximate surface area is 213 Å². The number of carbonyl (C=O) groups is 3. The van der Waals surface area contributed by atoms with E-state index in [0.29, 0.717) is 0 Å². The van der Waals surface area contributed by atoms with E-state index < -0.39 is 29.9 Å². The second-order valence-corrected chi connectivity index (χ2v) is 10.2. The molecule has 2 fully saturated rings. The summed E-state index contributed by atoms with van der Waals surface area (Å²) in [5.41, 5.74) is 1.53. The summed E-state index contributed by atoms with van der Waals surface area (Å²) < 4.78 is 18.6. The van der Waals surface area contributed by atoms with E-state index in [2.05, 4.69) is 5.32 Å². The molecule has 1 saturated heterocycles. The summed E-state index contributed by atoms with van der Waals surface area (Å²) in [6.45, 7) is 0.176. The van der Waals surface area contributed by atoms with Gasteiger partial charge in [-0.15, -0.1) is 11.3 Å². The van der Waals surface area contributed by atoms with Gasteiger partial charge in [0.2, 0.25) is 11.8 Å². The highest BCUT2D eigenvalue weighted by molar-refractivity contribution is 7.10. The molecule has 5 rings (SSSR count). The fraction of sp³-hybridized carbons (Fsp3) is 0.321. The summed E-state index contributed by atoms with van der Waals surface area (Å²) in [6, 6.07) is 17.5. The van der Waals surface area contributed by atoms with E-state index in [1.807, 2.05) is 47.8 Å². The van der Waals surface area contributed by atoms with Gasteiger partial charge in [0.25, 0.3) is 0 Å². The molecule has 4 unspecified atom stereocenters. The van der Waals surface area contributed by atoms with Crippen LogP contribution in [0.25, 0.3) is 0 Å². The van der Waals surface area contributed by atoms with E-state index in [4.69, 9.17) is 4.74 Å². The maximum atomic E-state index is 13.9. The molecule has 2 heterocycles. The van der Waals surface area contributed by atoms with Crippen LogP contribution < -0.4 is 5.32 Å². The lowest BCUT2D eigenvalue weighted by Gasteiger charge is -2.31. The van der Waals surface area contributed by atoms with Crippen molar-refractivity contribution in [3.8, 4) is 0 Å². The van der Waals surface area contributed by atoms with Crippen molar-refractivity contribution >= 4 is 29.1 Å². The topological polar surface area (TPSA) is 75.7 Å². The zero-order valence-corrected chi connectivity index (χ0v) is 20.6. The molecule has 186 valence electrons. The fourth-order valence-corrected chi connectivity index (χ4v) is 6.03. The van der Waals surface area contributed by atoms with Crippen LogP contribution >= 0.6 is 11.3 Å². The molecular weight excluding hydrogens is 479 g/mol. The van der Waals surface area contributed by atoms with Gasteiger partial charge in [0.1, 0.15) is 11.9 Å². The Morgan fingerprint density at radius 2 is 1.75 bits per heavy atom. The Bertz CT molecular complexity index is 1230. The van der Waals surface area contributed by atoms with Gasteiger partial charge in [-0.1, -0.05) is 48.5 Å². The normalized spacial score (nSPS) is 23.3. The smallest absolute Gasteiger partial charge is 0.311 e. The van der Waals surface area contributed by atoms with Crippen molar-refractivity contribution in [1.82, 2.24) is 10.2 Å². The highest BCUT2D eigenvalue weighted by Gasteiger charge is 2.59. The SMILES string of the molecule is COC(=O)C1C(c2ccccc2)C(C(=O)NCc2ccc(F)cc2)N(C(=O)C2CC2)C1c1cccs1. The van der Waals surface area contributed by atoms with Crippen molar-refractivity contribution in [2.24, 2.45) is 11.8 Å². The summed E-state index contributed by atoms with van der Waals surface area (Å²) in [5, 5.41) is 4.85. The Morgan fingerprint density at radius 3 is 2.36 bits per heavy atom. The third-order valence-corrected chi connectivity index (χ3v) is 7.93. The molecule has 1 saturated carbocycles. The number of nitrogens with one attached hydrogen (secondary N) is 1. The van der Waals surface area contributed by atoms with Crippen molar-refractivity contribution < 1.29 is 23.5 Å². The van der Waals surface area contributed by atoms with Crippen LogP contribution in [0.5, 0.6) is 0 Å². The average Bonchev–Trinajstić information content (AvgIpc) is 3.49. The van der Waals surface area contributed by atoms with Gasteiger partial charge in [-0.25, -0.2) is 4.39 Å². The maximum absolute atomic E-state index is 13.9. The van der Waals surface area contributed by atoms with Gasteiger partial charge in [-0.2, -0.15) is 0 Å². The van der Waals surface area contributed by atoms with Crippen LogP contribution in [0.1, 0.15) is 40.8 Å². The quantitative estimate of drug-likeness (QED) is 0.481. The van der Waals surface area contributed by atoms with Crippen molar-refractivity contribution in [3.63, 3.8) is 0 Å². The van der Waals surface area contributed by atoms with E-state index in [1.54, 1.807) is 17.0 Å². The summed E-state index contributed by atoms with van der Waals surface area (Å²) in [5.74, 6) is -2.76. The average molecular weight is 507 g/mol. The number of methoxy groups -OCH3 is 1. The van der Waals surface area contributed by atoms with Gasteiger partial charge in [-0.3, -0.25) is 14.4 Å². The molecular formula is C28H27FN2O4S. The second-order valence-electron chi connectivity index (χ2n) is 9.25. The van der Waals surface area contributed by atoms with Crippen molar-refractivity contribution in [2.45, 2.75) is 37.4 Å². The van der Waals surface area contributed by atoms with Gasteiger partial charge < -0.3 is 15.0 Å². The highest BCUT2D eigenvalue weighted by atomic mass is 32.1. The van der Waals surface area contributed by atoms with E-state index in [-0.39, 0.29) is 30.1 Å². The first-order valence-electron chi connectivity index (χ1n) is 12.0. The molecule has 8 heteroatoms. The van der Waals surface area contributed by atoms with Crippen molar-refractivity contribution in [2.75, 3.05) is 7.11 Å². The Hall–Kier alpha value is -3.52. The van der Waals surface area contributed by atoms with Gasteiger partial charge in [0.05, 0.1) is 19.1 Å². The summed E-state index contributed by atoms with van der Waals surface area (Å²) >= 11 is 1.46. The molecule has 0 bridgehead atoms. The lowest BCUT2D eigenvalue weighted by molar-refractivity contribution is -0.147. The monoisotopic (exact) mass is 506 g/mol. The number of amides is 2. The lowest BCUT2D eigenvalue weighted by Crippen LogP contribution is -2.49. The second kappa shape index (κ2) is 10.2. The molecule has 4 atom stereocenters. The highest BCUT2D eigenvalue weighted by Crippen LogP contribution is 2.53. The number of ether oxygens (including phenoxy) is 1. The number of hydrogen-bond donors (Lipinski definition) is 1. The zero-order chi connectivity index (χ0) is 25.2. The minimum Gasteiger partial charge on any atom is -0.469 e. The number of hydrogen-bond acceptors (Lipinski definition) is 5. The molecule has 6 nitrogen and oxygen atoms in total.